The zero-order valence-corrected chi connectivity index (χ0v) is 45.4. The molecule has 0 aliphatic rings. The van der Waals surface area contributed by atoms with E-state index in [-0.39, 0.29) is 19.1 Å². The van der Waals surface area contributed by atoms with E-state index in [1.54, 1.807) is 0 Å². The summed E-state index contributed by atoms with van der Waals surface area (Å²) < 4.78 is 23.8. The fourth-order valence-electron chi connectivity index (χ4n) is 9.05. The zero-order valence-electron chi connectivity index (χ0n) is 44.5. The Morgan fingerprint density at radius 3 is 1.03 bits per heavy atom. The number of nitrogens with one attached hydrogen (secondary N) is 1. The van der Waals surface area contributed by atoms with E-state index in [2.05, 4.69) is 19.2 Å². The number of aliphatic hydroxyl groups is 1. The number of nitrogens with zero attached hydrogens (tertiary/aromatic N) is 1. The Morgan fingerprint density at radius 2 is 0.738 bits per heavy atom. The van der Waals surface area contributed by atoms with Gasteiger partial charge in [0, 0.05) is 6.42 Å². The fourth-order valence-corrected chi connectivity index (χ4v) is 9.79. The van der Waals surface area contributed by atoms with Crippen molar-refractivity contribution in [3.63, 3.8) is 0 Å². The Labute approximate surface area is 406 Å². The molecule has 0 aromatic rings. The van der Waals surface area contributed by atoms with E-state index in [9.17, 15) is 19.4 Å². The topological polar surface area (TPSA) is 105 Å². The molecule has 0 saturated heterocycles. The van der Waals surface area contributed by atoms with Crippen molar-refractivity contribution < 1.29 is 32.9 Å². The first-order valence-corrected chi connectivity index (χ1v) is 30.4. The first-order valence-electron chi connectivity index (χ1n) is 28.9. The minimum absolute atomic E-state index is 0.0791. The van der Waals surface area contributed by atoms with Crippen molar-refractivity contribution in [3.8, 4) is 0 Å². The maximum Gasteiger partial charge on any atom is 0.472 e. The van der Waals surface area contributed by atoms with Crippen molar-refractivity contribution in [2.45, 2.75) is 315 Å². The van der Waals surface area contributed by atoms with Gasteiger partial charge < -0.3 is 19.8 Å². The SMILES string of the molecule is CCCCCCCCCCCCCCCCCCCCCCCCCCCCCC(=O)N[C@@H](COP(=O)(O)OCC[N+](C)(C)C)[C@H](O)CCCCCCCCCCCCCCCCCC. The van der Waals surface area contributed by atoms with Gasteiger partial charge in [0.2, 0.25) is 5.91 Å². The number of carbonyl (C=O) groups is 1. The second-order valence-corrected chi connectivity index (χ2v) is 22.8. The predicted octanol–water partition coefficient (Wildman–Crippen LogP) is 17.3. The van der Waals surface area contributed by atoms with Gasteiger partial charge in [-0.15, -0.1) is 0 Å². The van der Waals surface area contributed by atoms with Crippen molar-refractivity contribution in [3.05, 3.63) is 0 Å². The first kappa shape index (κ1) is 64.5. The van der Waals surface area contributed by atoms with Crippen molar-refractivity contribution in [1.29, 1.82) is 0 Å². The molecule has 0 rings (SSSR count). The Balaban J connectivity index is 4.06. The minimum Gasteiger partial charge on any atom is -0.391 e. The normalized spacial score (nSPS) is 13.9. The Kier molecular flexibility index (Phi) is 48.1. The van der Waals surface area contributed by atoms with Gasteiger partial charge in [0.05, 0.1) is 39.9 Å². The second kappa shape index (κ2) is 48.5. The van der Waals surface area contributed by atoms with Crippen molar-refractivity contribution in [1.82, 2.24) is 5.32 Å². The maximum atomic E-state index is 13.0. The number of quaternary nitrogens is 1. The highest BCUT2D eigenvalue weighted by molar-refractivity contribution is 7.47. The third kappa shape index (κ3) is 51.2. The highest BCUT2D eigenvalue weighted by Gasteiger charge is 2.28. The van der Waals surface area contributed by atoms with Gasteiger partial charge in [-0.05, 0) is 12.8 Å². The Hall–Kier alpha value is -0.500. The molecule has 0 radical (unpaired) electrons. The standard InChI is InChI=1S/C56H115N2O6P/c1-6-8-10-12-14-16-18-20-22-24-25-26-27-28-29-30-31-32-33-34-36-38-40-42-44-46-48-50-56(60)57-54(53-64-65(61,62)63-52-51-58(3,4)5)55(59)49-47-45-43-41-39-37-35-23-21-19-17-15-13-11-9-7-2/h54-55,59H,6-53H2,1-5H3,(H-,57,60,61,62)/p+1/t54-,55+/m0/s1. The highest BCUT2D eigenvalue weighted by atomic mass is 31.2. The number of rotatable bonds is 54. The summed E-state index contributed by atoms with van der Waals surface area (Å²) in [4.78, 5) is 23.3. The average molecular weight is 945 g/mol. The van der Waals surface area contributed by atoms with Crippen LogP contribution in [-0.4, -0.2) is 73.4 Å². The number of carbonyl (C=O) groups excluding carboxylic acids is 1. The lowest BCUT2D eigenvalue weighted by Gasteiger charge is -2.26. The molecule has 0 heterocycles. The predicted molar refractivity (Wildman–Crippen MR) is 282 cm³/mol. The lowest BCUT2D eigenvalue weighted by atomic mass is 10.0. The van der Waals surface area contributed by atoms with Crippen LogP contribution in [0.2, 0.25) is 0 Å². The molecule has 3 atom stereocenters. The molecule has 390 valence electrons. The van der Waals surface area contributed by atoms with E-state index in [0.29, 0.717) is 23.9 Å². The third-order valence-electron chi connectivity index (χ3n) is 13.6. The largest absolute Gasteiger partial charge is 0.472 e. The Bertz CT molecular complexity index is 1030. The quantitative estimate of drug-likeness (QED) is 0.0319. The summed E-state index contributed by atoms with van der Waals surface area (Å²) in [6, 6.07) is -0.754. The summed E-state index contributed by atoms with van der Waals surface area (Å²) in [5, 5.41) is 14.1. The van der Waals surface area contributed by atoms with E-state index in [4.69, 9.17) is 9.05 Å². The number of unbranched alkanes of at least 4 members (excludes halogenated alkanes) is 41. The van der Waals surface area contributed by atoms with Gasteiger partial charge in [0.1, 0.15) is 13.2 Å². The molecule has 1 unspecified atom stereocenters. The van der Waals surface area contributed by atoms with Crippen LogP contribution < -0.4 is 5.32 Å². The smallest absolute Gasteiger partial charge is 0.391 e. The molecule has 0 fully saturated rings. The molecular weight excluding hydrogens is 828 g/mol. The number of hydrogen-bond acceptors (Lipinski definition) is 5. The van der Waals surface area contributed by atoms with Crippen LogP contribution in [0.5, 0.6) is 0 Å². The molecule has 8 nitrogen and oxygen atoms in total. The summed E-state index contributed by atoms with van der Waals surface area (Å²) in [7, 11) is 1.64. The Morgan fingerprint density at radius 1 is 0.462 bits per heavy atom. The van der Waals surface area contributed by atoms with Crippen LogP contribution in [0.25, 0.3) is 0 Å². The summed E-state index contributed by atoms with van der Waals surface area (Å²) in [5.74, 6) is -0.136. The number of phosphoric ester groups is 1. The van der Waals surface area contributed by atoms with Gasteiger partial charge in [-0.2, -0.15) is 0 Å². The fraction of sp³-hybridized carbons (Fsp3) is 0.982. The second-order valence-electron chi connectivity index (χ2n) is 21.4. The third-order valence-corrected chi connectivity index (χ3v) is 14.6. The molecule has 0 saturated carbocycles. The molecular formula is C56H116N2O6P+. The van der Waals surface area contributed by atoms with Crippen molar-refractivity contribution in [2.24, 2.45) is 0 Å². The molecule has 65 heavy (non-hydrogen) atoms. The van der Waals surface area contributed by atoms with Crippen LogP contribution in [0, 0.1) is 0 Å². The molecule has 0 bridgehead atoms. The molecule has 0 aromatic heterocycles. The van der Waals surface area contributed by atoms with Gasteiger partial charge in [-0.25, -0.2) is 4.57 Å². The van der Waals surface area contributed by atoms with Crippen molar-refractivity contribution >= 4 is 13.7 Å². The van der Waals surface area contributed by atoms with Gasteiger partial charge in [-0.1, -0.05) is 284 Å². The molecule has 0 aliphatic heterocycles. The van der Waals surface area contributed by atoms with Crippen LogP contribution in [-0.2, 0) is 18.4 Å². The van der Waals surface area contributed by atoms with E-state index >= 15 is 0 Å². The van der Waals surface area contributed by atoms with E-state index in [1.807, 2.05) is 21.1 Å². The van der Waals surface area contributed by atoms with Crippen LogP contribution in [0.3, 0.4) is 0 Å². The summed E-state index contributed by atoms with van der Waals surface area (Å²) in [6.45, 7) is 4.94. The van der Waals surface area contributed by atoms with Gasteiger partial charge >= 0.3 is 7.82 Å². The van der Waals surface area contributed by atoms with Crippen LogP contribution in [0.4, 0.5) is 0 Å². The van der Waals surface area contributed by atoms with E-state index < -0.39 is 20.0 Å². The molecule has 0 aliphatic carbocycles. The number of aliphatic hydroxyl groups excluding tert-OH is 1. The number of amides is 1. The number of phosphoric acid groups is 1. The summed E-state index contributed by atoms with van der Waals surface area (Å²) in [5.41, 5.74) is 0. The number of hydrogen-bond donors (Lipinski definition) is 3. The van der Waals surface area contributed by atoms with Gasteiger partial charge in [0.25, 0.3) is 0 Å². The summed E-state index contributed by atoms with van der Waals surface area (Å²) in [6.07, 6.45) is 57.3. The lowest BCUT2D eigenvalue weighted by molar-refractivity contribution is -0.870. The van der Waals surface area contributed by atoms with Crippen LogP contribution >= 0.6 is 7.82 Å². The van der Waals surface area contributed by atoms with Gasteiger partial charge in [-0.3, -0.25) is 13.8 Å². The van der Waals surface area contributed by atoms with E-state index in [0.717, 1.165) is 38.5 Å². The molecule has 0 spiro atoms. The van der Waals surface area contributed by atoms with Crippen LogP contribution in [0.15, 0.2) is 0 Å². The monoisotopic (exact) mass is 944 g/mol. The average Bonchev–Trinajstić information content (AvgIpc) is 3.26. The summed E-state index contributed by atoms with van der Waals surface area (Å²) >= 11 is 0. The van der Waals surface area contributed by atoms with E-state index in [1.165, 1.54) is 238 Å². The molecule has 9 heteroatoms. The minimum atomic E-state index is -4.32. The highest BCUT2D eigenvalue weighted by Crippen LogP contribution is 2.43. The van der Waals surface area contributed by atoms with Crippen molar-refractivity contribution in [2.75, 3.05) is 40.9 Å². The molecule has 0 aromatic carbocycles. The zero-order chi connectivity index (χ0) is 47.8. The van der Waals surface area contributed by atoms with Crippen LogP contribution in [0.1, 0.15) is 303 Å². The molecule has 3 N–H and O–H groups in total. The lowest BCUT2D eigenvalue weighted by Crippen LogP contribution is -2.46. The first-order chi connectivity index (χ1) is 31.5. The number of likely N-dealkylation sites (N-methyl/N-ethyl adjacent to an activating group) is 1. The van der Waals surface area contributed by atoms with Gasteiger partial charge in [0.15, 0.2) is 0 Å². The molecule has 1 amide bonds. The maximum absolute atomic E-state index is 13.0.